The van der Waals surface area contributed by atoms with Gasteiger partial charge in [0, 0.05) is 18.9 Å². The molecule has 1 N–H and O–H groups in total. The molecule has 0 aliphatic heterocycles. The van der Waals surface area contributed by atoms with Gasteiger partial charge in [0.1, 0.15) is 17.5 Å². The van der Waals surface area contributed by atoms with E-state index in [1.165, 1.54) is 12.1 Å². The molecule has 0 aliphatic rings. The molecule has 0 aliphatic carbocycles. The zero-order valence-electron chi connectivity index (χ0n) is 12.7. The number of anilines is 1. The first-order valence-electron chi connectivity index (χ1n) is 6.80. The third-order valence-corrected chi connectivity index (χ3v) is 4.14. The number of hydrogen-bond acceptors (Lipinski definition) is 3. The van der Waals surface area contributed by atoms with E-state index >= 15 is 0 Å². The molecule has 3 nitrogen and oxygen atoms in total. The largest absolute Gasteiger partial charge is 0.372 e. The maximum absolute atomic E-state index is 13.0. The maximum atomic E-state index is 13.0. The van der Waals surface area contributed by atoms with Crippen LogP contribution in [0.4, 0.5) is 10.2 Å². The summed E-state index contributed by atoms with van der Waals surface area (Å²) in [6.45, 7) is 6.41. The van der Waals surface area contributed by atoms with E-state index in [9.17, 15) is 4.39 Å². The van der Waals surface area contributed by atoms with E-state index in [1.807, 2.05) is 7.05 Å². The smallest absolute Gasteiger partial charge is 0.143 e. The Kier molecular flexibility index (Phi) is 4.81. The van der Waals surface area contributed by atoms with E-state index < -0.39 is 0 Å². The standard InChI is InChI=1S/C16H19FIN3/c1-16(2,3)14-13(18)15(19-4)21-12(20-14)9-10-5-7-11(17)8-6-10/h5-8H,9H2,1-4H3,(H,19,20,21). The SMILES string of the molecule is CNc1nc(Cc2ccc(F)cc2)nc(C(C)(C)C)c1I. The molecule has 2 rings (SSSR count). The number of rotatable bonds is 3. The van der Waals surface area contributed by atoms with Gasteiger partial charge in [-0.2, -0.15) is 0 Å². The highest BCUT2D eigenvalue weighted by Crippen LogP contribution is 2.29. The maximum Gasteiger partial charge on any atom is 0.143 e. The predicted octanol–water partition coefficient (Wildman–Crippen LogP) is 4.15. The van der Waals surface area contributed by atoms with Crippen molar-refractivity contribution in [2.45, 2.75) is 32.6 Å². The minimum absolute atomic E-state index is 0.0530. The number of halogens is 2. The first kappa shape index (κ1) is 16.1. The summed E-state index contributed by atoms with van der Waals surface area (Å²) >= 11 is 2.28. The molecule has 0 saturated heterocycles. The zero-order chi connectivity index (χ0) is 15.6. The molecule has 0 unspecified atom stereocenters. The Morgan fingerprint density at radius 2 is 1.76 bits per heavy atom. The lowest BCUT2D eigenvalue weighted by molar-refractivity contribution is 0.559. The molecule has 112 valence electrons. The lowest BCUT2D eigenvalue weighted by Gasteiger charge is -2.21. The van der Waals surface area contributed by atoms with Gasteiger partial charge in [0.15, 0.2) is 0 Å². The average molecular weight is 399 g/mol. The number of hydrogen-bond donors (Lipinski definition) is 1. The first-order valence-corrected chi connectivity index (χ1v) is 7.88. The van der Waals surface area contributed by atoms with E-state index in [0.29, 0.717) is 6.42 Å². The molecular weight excluding hydrogens is 380 g/mol. The highest BCUT2D eigenvalue weighted by molar-refractivity contribution is 14.1. The molecule has 2 aromatic rings. The van der Waals surface area contributed by atoms with Gasteiger partial charge >= 0.3 is 0 Å². The van der Waals surface area contributed by atoms with Gasteiger partial charge in [-0.3, -0.25) is 0 Å². The Morgan fingerprint density at radius 3 is 2.29 bits per heavy atom. The Hall–Kier alpha value is -1.24. The number of aromatic nitrogens is 2. The van der Waals surface area contributed by atoms with E-state index in [4.69, 9.17) is 4.98 Å². The van der Waals surface area contributed by atoms with Crippen LogP contribution < -0.4 is 5.32 Å². The molecule has 1 heterocycles. The topological polar surface area (TPSA) is 37.8 Å². The second-order valence-electron chi connectivity index (χ2n) is 5.95. The third kappa shape index (κ3) is 3.90. The highest BCUT2D eigenvalue weighted by atomic mass is 127. The van der Waals surface area contributed by atoms with Crippen LogP contribution in [0.15, 0.2) is 24.3 Å². The van der Waals surface area contributed by atoms with Crippen LogP contribution in [-0.2, 0) is 11.8 Å². The summed E-state index contributed by atoms with van der Waals surface area (Å²) < 4.78 is 14.0. The average Bonchev–Trinajstić information content (AvgIpc) is 2.42. The van der Waals surface area contributed by atoms with Crippen LogP contribution in [0.2, 0.25) is 0 Å². The van der Waals surface area contributed by atoms with Gasteiger partial charge in [0.05, 0.1) is 9.26 Å². The fourth-order valence-corrected chi connectivity index (χ4v) is 3.34. The lowest BCUT2D eigenvalue weighted by Crippen LogP contribution is -2.19. The number of nitrogens with one attached hydrogen (secondary N) is 1. The quantitative estimate of drug-likeness (QED) is 0.789. The molecule has 0 saturated carbocycles. The Labute approximate surface area is 138 Å². The zero-order valence-corrected chi connectivity index (χ0v) is 14.8. The number of benzene rings is 1. The van der Waals surface area contributed by atoms with Crippen LogP contribution in [0.1, 0.15) is 37.9 Å². The monoisotopic (exact) mass is 399 g/mol. The molecule has 1 aromatic carbocycles. The van der Waals surface area contributed by atoms with Crippen molar-refractivity contribution in [3.05, 3.63) is 50.7 Å². The summed E-state index contributed by atoms with van der Waals surface area (Å²) in [5.41, 5.74) is 1.97. The van der Waals surface area contributed by atoms with Crippen LogP contribution in [0.5, 0.6) is 0 Å². The van der Waals surface area contributed by atoms with Gasteiger partial charge in [-0.05, 0) is 40.3 Å². The minimum Gasteiger partial charge on any atom is -0.372 e. The highest BCUT2D eigenvalue weighted by Gasteiger charge is 2.22. The van der Waals surface area contributed by atoms with Gasteiger partial charge in [-0.1, -0.05) is 32.9 Å². The van der Waals surface area contributed by atoms with Crippen molar-refractivity contribution in [2.75, 3.05) is 12.4 Å². The lowest BCUT2D eigenvalue weighted by atomic mass is 9.91. The van der Waals surface area contributed by atoms with Gasteiger partial charge in [0.2, 0.25) is 0 Å². The van der Waals surface area contributed by atoms with Crippen LogP contribution in [-0.4, -0.2) is 17.0 Å². The van der Waals surface area contributed by atoms with E-state index in [1.54, 1.807) is 12.1 Å². The molecule has 0 spiro atoms. The summed E-state index contributed by atoms with van der Waals surface area (Å²) in [5, 5.41) is 3.12. The Bertz CT molecular complexity index is 633. The van der Waals surface area contributed by atoms with Crippen LogP contribution >= 0.6 is 22.6 Å². The Balaban J connectivity index is 2.42. The molecule has 1 aromatic heterocycles. The van der Waals surface area contributed by atoms with Gasteiger partial charge in [-0.15, -0.1) is 0 Å². The minimum atomic E-state index is -0.228. The van der Waals surface area contributed by atoms with Crippen LogP contribution in [0.3, 0.4) is 0 Å². The number of nitrogens with zero attached hydrogens (tertiary/aromatic N) is 2. The van der Waals surface area contributed by atoms with Crippen molar-refractivity contribution in [3.63, 3.8) is 0 Å². The van der Waals surface area contributed by atoms with Crippen LogP contribution in [0, 0.1) is 9.39 Å². The molecule has 0 amide bonds. The second kappa shape index (κ2) is 6.25. The van der Waals surface area contributed by atoms with Gasteiger partial charge in [0.25, 0.3) is 0 Å². The van der Waals surface area contributed by atoms with Crippen molar-refractivity contribution in [3.8, 4) is 0 Å². The van der Waals surface area contributed by atoms with Crippen LogP contribution in [0.25, 0.3) is 0 Å². The summed E-state index contributed by atoms with van der Waals surface area (Å²) in [7, 11) is 1.86. The summed E-state index contributed by atoms with van der Waals surface area (Å²) in [4.78, 5) is 9.28. The summed E-state index contributed by atoms with van der Waals surface area (Å²) in [5.74, 6) is 1.36. The van der Waals surface area contributed by atoms with Crippen molar-refractivity contribution >= 4 is 28.4 Å². The molecule has 5 heteroatoms. The molecule has 0 bridgehead atoms. The molecule has 0 atom stereocenters. The molecule has 21 heavy (non-hydrogen) atoms. The normalized spacial score (nSPS) is 11.5. The van der Waals surface area contributed by atoms with Crippen molar-refractivity contribution in [2.24, 2.45) is 0 Å². The summed E-state index contributed by atoms with van der Waals surface area (Å²) in [6, 6.07) is 6.47. The fourth-order valence-electron chi connectivity index (χ4n) is 2.02. The predicted molar refractivity (Wildman–Crippen MR) is 92.2 cm³/mol. The second-order valence-corrected chi connectivity index (χ2v) is 7.03. The summed E-state index contributed by atoms with van der Waals surface area (Å²) in [6.07, 6.45) is 0.592. The molecular formula is C16H19FIN3. The molecule has 0 fully saturated rings. The first-order chi connectivity index (χ1) is 9.81. The van der Waals surface area contributed by atoms with E-state index in [0.717, 1.165) is 26.5 Å². The van der Waals surface area contributed by atoms with Crippen molar-refractivity contribution in [1.82, 2.24) is 9.97 Å². The third-order valence-electron chi connectivity index (χ3n) is 3.12. The van der Waals surface area contributed by atoms with Gasteiger partial charge < -0.3 is 5.32 Å². The van der Waals surface area contributed by atoms with Crippen molar-refractivity contribution < 1.29 is 4.39 Å². The van der Waals surface area contributed by atoms with E-state index in [2.05, 4.69) is 53.7 Å². The Morgan fingerprint density at radius 1 is 1.14 bits per heavy atom. The van der Waals surface area contributed by atoms with Gasteiger partial charge in [-0.25, -0.2) is 14.4 Å². The van der Waals surface area contributed by atoms with E-state index in [-0.39, 0.29) is 11.2 Å². The van der Waals surface area contributed by atoms with Crippen molar-refractivity contribution in [1.29, 1.82) is 0 Å². The fraction of sp³-hybridized carbons (Fsp3) is 0.375. The molecule has 0 radical (unpaired) electrons.